The number of carbonyl (C=O) groups excluding carboxylic acids is 1. The second-order valence-electron chi connectivity index (χ2n) is 6.26. The predicted octanol–water partition coefficient (Wildman–Crippen LogP) is 4.89. The first-order chi connectivity index (χ1) is 14.2. The van der Waals surface area contributed by atoms with E-state index in [1.807, 2.05) is 70.7 Å². The summed E-state index contributed by atoms with van der Waals surface area (Å²) in [5.41, 5.74) is 3.31. The zero-order valence-corrected chi connectivity index (χ0v) is 17.2. The minimum atomic E-state index is -0.130. The minimum absolute atomic E-state index is 0.130. The molecule has 0 bridgehead atoms. The van der Waals surface area contributed by atoms with E-state index in [1.165, 1.54) is 11.3 Å². The third kappa shape index (κ3) is 3.24. The molecule has 0 saturated carbocycles. The Morgan fingerprint density at radius 2 is 2.07 bits per heavy atom. The van der Waals surface area contributed by atoms with E-state index in [0.29, 0.717) is 10.7 Å². The molecule has 142 valence electrons. The lowest BCUT2D eigenvalue weighted by atomic mass is 10.1. The molecule has 0 saturated heterocycles. The van der Waals surface area contributed by atoms with Gasteiger partial charge in [-0.1, -0.05) is 34.1 Å². The maximum atomic E-state index is 12.6. The van der Waals surface area contributed by atoms with Crippen LogP contribution in [0.1, 0.15) is 9.67 Å². The highest BCUT2D eigenvalue weighted by Gasteiger charge is 2.17. The van der Waals surface area contributed by atoms with Crippen molar-refractivity contribution in [2.24, 2.45) is 0 Å². The van der Waals surface area contributed by atoms with E-state index in [9.17, 15) is 4.79 Å². The van der Waals surface area contributed by atoms with Gasteiger partial charge >= 0.3 is 0 Å². The molecule has 0 fully saturated rings. The van der Waals surface area contributed by atoms with E-state index in [0.717, 1.165) is 32.3 Å². The molecule has 1 amide bonds. The molecule has 2 N–H and O–H groups in total. The van der Waals surface area contributed by atoms with Crippen molar-refractivity contribution in [1.82, 2.24) is 25.2 Å². The molecular weight excluding hydrogens is 452 g/mol. The molecule has 0 spiro atoms. The summed E-state index contributed by atoms with van der Waals surface area (Å²) in [6.07, 6.45) is 1.97. The fourth-order valence-electron chi connectivity index (χ4n) is 3.26. The normalized spacial score (nSPS) is 11.1. The number of hydrogen-bond donors (Lipinski definition) is 2. The second kappa shape index (κ2) is 7.26. The standard InChI is InChI=1S/C20H13BrN6OS/c21-13-6-7-16(14(11-13)19-23-25-26-24-19)27-9-8-12-3-1-4-15(18(12)27)22-20(28)17-5-2-10-29-17/h1-11H,(H,22,28)(H,23,24,25,26). The maximum absolute atomic E-state index is 12.6. The number of H-pyrrole nitrogens is 1. The molecule has 0 aliphatic heterocycles. The Morgan fingerprint density at radius 3 is 2.86 bits per heavy atom. The summed E-state index contributed by atoms with van der Waals surface area (Å²) in [4.78, 5) is 13.3. The Hall–Kier alpha value is -3.30. The van der Waals surface area contributed by atoms with Crippen LogP contribution in [0.25, 0.3) is 28.0 Å². The number of carbonyl (C=O) groups is 1. The number of benzene rings is 2. The van der Waals surface area contributed by atoms with Crippen LogP contribution < -0.4 is 5.32 Å². The van der Waals surface area contributed by atoms with Crippen molar-refractivity contribution in [1.29, 1.82) is 0 Å². The smallest absolute Gasteiger partial charge is 0.265 e. The molecule has 2 aromatic carbocycles. The molecule has 5 aromatic rings. The topological polar surface area (TPSA) is 88.5 Å². The summed E-state index contributed by atoms with van der Waals surface area (Å²) < 4.78 is 2.93. The van der Waals surface area contributed by atoms with Gasteiger partial charge in [0.25, 0.3) is 5.91 Å². The van der Waals surface area contributed by atoms with Crippen LogP contribution in [0, 0.1) is 0 Å². The van der Waals surface area contributed by atoms with Gasteiger partial charge in [0.2, 0.25) is 5.82 Å². The average Bonchev–Trinajstić information content (AvgIpc) is 3.49. The van der Waals surface area contributed by atoms with E-state index in [2.05, 4.69) is 41.9 Å². The Kier molecular flexibility index (Phi) is 4.45. The summed E-state index contributed by atoms with van der Waals surface area (Å²) >= 11 is 4.92. The van der Waals surface area contributed by atoms with Crippen LogP contribution in [0.5, 0.6) is 0 Å². The van der Waals surface area contributed by atoms with Gasteiger partial charge in [-0.2, -0.15) is 5.21 Å². The maximum Gasteiger partial charge on any atom is 0.265 e. The van der Waals surface area contributed by atoms with Gasteiger partial charge < -0.3 is 9.88 Å². The first kappa shape index (κ1) is 17.8. The Morgan fingerprint density at radius 1 is 1.14 bits per heavy atom. The van der Waals surface area contributed by atoms with Gasteiger partial charge in [-0.3, -0.25) is 4.79 Å². The van der Waals surface area contributed by atoms with Gasteiger partial charge in [0.1, 0.15) is 0 Å². The molecule has 0 aliphatic carbocycles. The number of hydrogen-bond acceptors (Lipinski definition) is 5. The lowest BCUT2D eigenvalue weighted by molar-refractivity contribution is 0.103. The van der Waals surface area contributed by atoms with E-state index < -0.39 is 0 Å². The highest BCUT2D eigenvalue weighted by atomic mass is 79.9. The van der Waals surface area contributed by atoms with Gasteiger partial charge in [0.05, 0.1) is 21.8 Å². The average molecular weight is 465 g/mol. The second-order valence-corrected chi connectivity index (χ2v) is 8.12. The van der Waals surface area contributed by atoms with Crippen molar-refractivity contribution in [3.8, 4) is 17.1 Å². The molecule has 29 heavy (non-hydrogen) atoms. The Bertz CT molecular complexity index is 1310. The lowest BCUT2D eigenvalue weighted by Gasteiger charge is -2.13. The number of nitrogens with zero attached hydrogens (tertiary/aromatic N) is 4. The first-order valence-electron chi connectivity index (χ1n) is 8.69. The number of fused-ring (bicyclic) bond motifs is 1. The highest BCUT2D eigenvalue weighted by Crippen LogP contribution is 2.33. The third-order valence-electron chi connectivity index (χ3n) is 4.51. The molecular formula is C20H13BrN6OS. The molecule has 0 unspecified atom stereocenters. The van der Waals surface area contributed by atoms with Crippen molar-refractivity contribution in [3.63, 3.8) is 0 Å². The Labute approximate surface area is 177 Å². The summed E-state index contributed by atoms with van der Waals surface area (Å²) in [7, 11) is 0. The minimum Gasteiger partial charge on any atom is -0.319 e. The van der Waals surface area contributed by atoms with E-state index in [-0.39, 0.29) is 5.91 Å². The van der Waals surface area contributed by atoms with Crippen LogP contribution in [0.2, 0.25) is 0 Å². The summed E-state index contributed by atoms with van der Waals surface area (Å²) in [5, 5.41) is 20.4. The number of aromatic nitrogens is 5. The van der Waals surface area contributed by atoms with Crippen LogP contribution in [0.3, 0.4) is 0 Å². The van der Waals surface area contributed by atoms with Gasteiger partial charge in [-0.15, -0.1) is 21.5 Å². The zero-order valence-electron chi connectivity index (χ0n) is 14.8. The van der Waals surface area contributed by atoms with Crippen LogP contribution >= 0.6 is 27.3 Å². The van der Waals surface area contributed by atoms with Gasteiger partial charge in [0.15, 0.2) is 0 Å². The highest BCUT2D eigenvalue weighted by molar-refractivity contribution is 9.10. The number of amides is 1. The molecule has 9 heteroatoms. The van der Waals surface area contributed by atoms with Crippen molar-refractivity contribution >= 4 is 49.8 Å². The Balaban J connectivity index is 1.67. The summed E-state index contributed by atoms with van der Waals surface area (Å²) in [6.45, 7) is 0. The van der Waals surface area contributed by atoms with E-state index in [4.69, 9.17) is 0 Å². The van der Waals surface area contributed by atoms with Gasteiger partial charge in [-0.05, 0) is 47.0 Å². The van der Waals surface area contributed by atoms with Crippen LogP contribution in [-0.4, -0.2) is 31.1 Å². The molecule has 0 aliphatic rings. The number of tetrazole rings is 1. The molecule has 0 radical (unpaired) electrons. The molecule has 3 heterocycles. The number of anilines is 1. The number of aromatic amines is 1. The predicted molar refractivity (Wildman–Crippen MR) is 116 cm³/mol. The molecule has 3 aromatic heterocycles. The largest absolute Gasteiger partial charge is 0.319 e. The van der Waals surface area contributed by atoms with Crippen molar-refractivity contribution < 1.29 is 4.79 Å². The van der Waals surface area contributed by atoms with E-state index in [1.54, 1.807) is 0 Å². The quantitative estimate of drug-likeness (QED) is 0.396. The monoisotopic (exact) mass is 464 g/mol. The molecule has 0 atom stereocenters. The van der Waals surface area contributed by atoms with Crippen LogP contribution in [-0.2, 0) is 0 Å². The number of para-hydroxylation sites is 1. The molecule has 5 rings (SSSR count). The molecule has 7 nitrogen and oxygen atoms in total. The first-order valence-corrected chi connectivity index (χ1v) is 10.4. The number of nitrogens with one attached hydrogen (secondary N) is 2. The number of thiophene rings is 1. The van der Waals surface area contributed by atoms with Crippen molar-refractivity contribution in [2.75, 3.05) is 5.32 Å². The zero-order chi connectivity index (χ0) is 19.8. The van der Waals surface area contributed by atoms with E-state index >= 15 is 0 Å². The SMILES string of the molecule is O=C(Nc1cccc2ccn(-c3ccc(Br)cc3-c3nn[nH]n3)c12)c1cccs1. The van der Waals surface area contributed by atoms with Crippen molar-refractivity contribution in [3.05, 3.63) is 75.5 Å². The fraction of sp³-hybridized carbons (Fsp3) is 0. The lowest BCUT2D eigenvalue weighted by Crippen LogP contribution is -2.11. The number of halogens is 1. The van der Waals surface area contributed by atoms with Crippen LogP contribution in [0.15, 0.2) is 70.6 Å². The fourth-order valence-corrected chi connectivity index (χ4v) is 4.24. The number of rotatable bonds is 4. The third-order valence-corrected chi connectivity index (χ3v) is 5.87. The van der Waals surface area contributed by atoms with Crippen molar-refractivity contribution in [2.45, 2.75) is 0 Å². The van der Waals surface area contributed by atoms with Gasteiger partial charge in [0, 0.05) is 21.6 Å². The summed E-state index contributed by atoms with van der Waals surface area (Å²) in [5.74, 6) is 0.359. The summed E-state index contributed by atoms with van der Waals surface area (Å²) in [6, 6.07) is 17.4. The van der Waals surface area contributed by atoms with Crippen LogP contribution in [0.4, 0.5) is 5.69 Å². The van der Waals surface area contributed by atoms with Gasteiger partial charge in [-0.25, -0.2) is 0 Å².